The van der Waals surface area contributed by atoms with E-state index in [1.54, 1.807) is 64.0 Å². The fourth-order valence-corrected chi connectivity index (χ4v) is 3.82. The molecule has 3 aromatic heterocycles. The highest BCUT2D eigenvalue weighted by Crippen LogP contribution is 2.21. The summed E-state index contributed by atoms with van der Waals surface area (Å²) in [5.74, 6) is -3.38. The molecular weight excluding hydrogens is 464 g/mol. The molecule has 1 aromatic carbocycles. The summed E-state index contributed by atoms with van der Waals surface area (Å²) in [7, 11) is 0. The quantitative estimate of drug-likeness (QED) is 0.142. The average Bonchev–Trinajstić information content (AvgIpc) is 3.65. The number of aliphatic hydroxyl groups excluding tert-OH is 4. The first-order valence-corrected chi connectivity index (χ1v) is 11.2. The Labute approximate surface area is 196 Å². The summed E-state index contributed by atoms with van der Waals surface area (Å²) in [6.07, 6.45) is 2.58. The van der Waals surface area contributed by atoms with Crippen LogP contribution >= 0.6 is 22.7 Å². The number of carbonyl (C=O) groups is 2. The van der Waals surface area contributed by atoms with Crippen molar-refractivity contribution in [3.05, 3.63) is 116 Å². The van der Waals surface area contributed by atoms with Crippen LogP contribution in [-0.2, 0) is 0 Å². The van der Waals surface area contributed by atoms with Gasteiger partial charge in [0.1, 0.15) is 6.26 Å². The molecule has 0 aliphatic rings. The zero-order valence-corrected chi connectivity index (χ0v) is 18.5. The second-order valence-electron chi connectivity index (χ2n) is 6.45. The van der Waals surface area contributed by atoms with Gasteiger partial charge in [-0.2, -0.15) is 22.7 Å². The smallest absolute Gasteiger partial charge is 0.232 e. The summed E-state index contributed by atoms with van der Waals surface area (Å²) in [6, 6.07) is 12.9. The van der Waals surface area contributed by atoms with Gasteiger partial charge in [-0.25, -0.2) is 0 Å². The second-order valence-corrected chi connectivity index (χ2v) is 8.01. The first kappa shape index (κ1) is 23.6. The van der Waals surface area contributed by atoms with Gasteiger partial charge in [-0.15, -0.1) is 0 Å². The number of thiophene rings is 2. The zero-order valence-electron chi connectivity index (χ0n) is 16.9. The van der Waals surface area contributed by atoms with E-state index in [1.807, 2.05) is 0 Å². The molecule has 3 heterocycles. The number of hydrogen-bond acceptors (Lipinski definition) is 9. The first-order chi connectivity index (χ1) is 15.9. The summed E-state index contributed by atoms with van der Waals surface area (Å²) in [4.78, 5) is 23.5. The molecule has 0 amide bonds. The predicted molar refractivity (Wildman–Crippen MR) is 127 cm³/mol. The Morgan fingerprint density at radius 1 is 0.636 bits per heavy atom. The van der Waals surface area contributed by atoms with Gasteiger partial charge in [0.15, 0.2) is 11.5 Å². The highest BCUT2D eigenvalue weighted by atomic mass is 32.1. The van der Waals surface area contributed by atoms with E-state index in [0.717, 1.165) is 0 Å². The van der Waals surface area contributed by atoms with Crippen molar-refractivity contribution >= 4 is 45.8 Å². The molecule has 4 rings (SSSR count). The number of aliphatic hydroxyl groups is 4. The van der Waals surface area contributed by atoms with Gasteiger partial charge in [0.2, 0.25) is 23.1 Å². The van der Waals surface area contributed by atoms with Crippen molar-refractivity contribution in [3.63, 3.8) is 0 Å². The van der Waals surface area contributed by atoms with Crippen molar-refractivity contribution in [3.8, 4) is 0 Å². The average molecular weight is 483 g/mol. The SMILES string of the molecule is O=C(C(O)=C(O)c1ccoc1)c1ccccc1.O=C(C(O)=C(O)c1ccsc1)c1ccsc1. The van der Waals surface area contributed by atoms with Crippen LogP contribution in [-0.4, -0.2) is 32.0 Å². The van der Waals surface area contributed by atoms with Gasteiger partial charge in [0.25, 0.3) is 0 Å². The number of carbonyl (C=O) groups excluding carboxylic acids is 2. The van der Waals surface area contributed by atoms with Crippen LogP contribution in [0.15, 0.2) is 98.5 Å². The van der Waals surface area contributed by atoms with Crippen LogP contribution < -0.4 is 0 Å². The van der Waals surface area contributed by atoms with Crippen LogP contribution in [0.4, 0.5) is 0 Å². The maximum Gasteiger partial charge on any atom is 0.232 e. The molecule has 0 aliphatic carbocycles. The van der Waals surface area contributed by atoms with Crippen LogP contribution in [0.25, 0.3) is 11.5 Å². The minimum absolute atomic E-state index is 0.256. The number of benzene rings is 1. The Morgan fingerprint density at radius 3 is 1.70 bits per heavy atom. The Morgan fingerprint density at radius 2 is 1.18 bits per heavy atom. The number of ketones is 2. The molecule has 0 unspecified atom stereocenters. The minimum atomic E-state index is -0.697. The first-order valence-electron chi connectivity index (χ1n) is 9.36. The highest BCUT2D eigenvalue weighted by Gasteiger charge is 2.18. The lowest BCUT2D eigenvalue weighted by atomic mass is 10.1. The van der Waals surface area contributed by atoms with E-state index in [0.29, 0.717) is 16.7 Å². The molecule has 7 nitrogen and oxygen atoms in total. The van der Waals surface area contributed by atoms with Gasteiger partial charge in [-0.3, -0.25) is 9.59 Å². The summed E-state index contributed by atoms with van der Waals surface area (Å²) in [5.41, 5.74) is 1.39. The van der Waals surface area contributed by atoms with E-state index < -0.39 is 28.8 Å². The summed E-state index contributed by atoms with van der Waals surface area (Å²) in [6.45, 7) is 0. The number of furan rings is 1. The molecule has 0 aliphatic heterocycles. The normalized spacial score (nSPS) is 12.1. The highest BCUT2D eigenvalue weighted by molar-refractivity contribution is 7.08. The summed E-state index contributed by atoms with van der Waals surface area (Å²) < 4.78 is 4.75. The van der Waals surface area contributed by atoms with E-state index in [2.05, 4.69) is 0 Å². The van der Waals surface area contributed by atoms with Crippen molar-refractivity contribution in [1.29, 1.82) is 0 Å². The Kier molecular flexibility index (Phi) is 7.85. The molecule has 168 valence electrons. The van der Waals surface area contributed by atoms with Gasteiger partial charge >= 0.3 is 0 Å². The van der Waals surface area contributed by atoms with E-state index in [1.165, 1.54) is 41.3 Å². The molecular formula is C24H18O7S2. The van der Waals surface area contributed by atoms with Gasteiger partial charge in [-0.05, 0) is 29.0 Å². The summed E-state index contributed by atoms with van der Waals surface area (Å²) in [5, 5.41) is 45.4. The van der Waals surface area contributed by atoms with Crippen molar-refractivity contribution in [2.45, 2.75) is 0 Å². The Balaban J connectivity index is 0.000000186. The topological polar surface area (TPSA) is 128 Å². The number of hydrogen-bond donors (Lipinski definition) is 4. The molecule has 0 radical (unpaired) electrons. The van der Waals surface area contributed by atoms with Crippen LogP contribution in [0.3, 0.4) is 0 Å². The van der Waals surface area contributed by atoms with E-state index >= 15 is 0 Å². The lowest BCUT2D eigenvalue weighted by molar-refractivity contribution is 0.0968. The molecule has 0 saturated heterocycles. The molecule has 0 bridgehead atoms. The number of allylic oxidation sites excluding steroid dienone is 2. The fourth-order valence-electron chi connectivity index (χ4n) is 2.54. The number of rotatable bonds is 6. The second kappa shape index (κ2) is 11.0. The lowest BCUT2D eigenvalue weighted by Crippen LogP contribution is -2.05. The third-order valence-electron chi connectivity index (χ3n) is 4.29. The van der Waals surface area contributed by atoms with Crippen LogP contribution in [0.5, 0.6) is 0 Å². The molecule has 9 heteroatoms. The van der Waals surface area contributed by atoms with Gasteiger partial charge in [0.05, 0.1) is 11.8 Å². The maximum absolute atomic E-state index is 11.8. The standard InChI is InChI=1S/C13H10O4.C11H8O3S2/c14-11(9-4-2-1-3-5-9)13(16)12(15)10-6-7-17-8-10;12-9(7-1-3-15-5-7)11(14)10(13)8-2-4-16-6-8/h1-8,15-16H;1-6,12,14H. The third kappa shape index (κ3) is 5.79. The maximum atomic E-state index is 11.8. The molecule has 4 aromatic rings. The van der Waals surface area contributed by atoms with E-state index in [9.17, 15) is 30.0 Å². The van der Waals surface area contributed by atoms with Crippen molar-refractivity contribution in [1.82, 2.24) is 0 Å². The molecule has 4 N–H and O–H groups in total. The summed E-state index contributed by atoms with van der Waals surface area (Å²) >= 11 is 2.74. The van der Waals surface area contributed by atoms with E-state index in [-0.39, 0.29) is 11.3 Å². The van der Waals surface area contributed by atoms with Gasteiger partial charge < -0.3 is 24.8 Å². The molecule has 0 atom stereocenters. The molecule has 0 fully saturated rings. The predicted octanol–water partition coefficient (Wildman–Crippen LogP) is 6.42. The van der Waals surface area contributed by atoms with E-state index in [4.69, 9.17) is 4.42 Å². The lowest BCUT2D eigenvalue weighted by Gasteiger charge is -2.02. The van der Waals surface area contributed by atoms with Crippen LogP contribution in [0, 0.1) is 0 Å². The number of Topliss-reactive ketones (excluding diaryl/α,β-unsaturated/α-hetero) is 2. The van der Waals surface area contributed by atoms with Crippen molar-refractivity contribution in [2.75, 3.05) is 0 Å². The zero-order chi connectivity index (χ0) is 23.8. The van der Waals surface area contributed by atoms with Gasteiger partial charge in [0, 0.05) is 27.5 Å². The van der Waals surface area contributed by atoms with Gasteiger partial charge in [-0.1, -0.05) is 30.3 Å². The Bertz CT molecular complexity index is 1250. The molecule has 0 saturated carbocycles. The minimum Gasteiger partial charge on any atom is -0.504 e. The largest absolute Gasteiger partial charge is 0.504 e. The van der Waals surface area contributed by atoms with Crippen molar-refractivity contribution in [2.24, 2.45) is 0 Å². The monoisotopic (exact) mass is 482 g/mol. The van der Waals surface area contributed by atoms with Crippen LogP contribution in [0.2, 0.25) is 0 Å². The molecule has 33 heavy (non-hydrogen) atoms. The van der Waals surface area contributed by atoms with Crippen molar-refractivity contribution < 1.29 is 34.4 Å². The fraction of sp³-hybridized carbons (Fsp3) is 0. The molecule has 0 spiro atoms. The third-order valence-corrected chi connectivity index (χ3v) is 5.65. The van der Waals surface area contributed by atoms with Crippen LogP contribution in [0.1, 0.15) is 31.8 Å². The Hall–Kier alpha value is -4.08.